The van der Waals surface area contributed by atoms with E-state index < -0.39 is 22.3 Å². The van der Waals surface area contributed by atoms with E-state index in [1.165, 1.54) is 23.3 Å². The zero-order chi connectivity index (χ0) is 25.1. The maximum absolute atomic E-state index is 13.9. The summed E-state index contributed by atoms with van der Waals surface area (Å²) in [6, 6.07) is 7.72. The van der Waals surface area contributed by atoms with Crippen LogP contribution in [0.4, 0.5) is 13.2 Å². The van der Waals surface area contributed by atoms with Crippen LogP contribution in [0.5, 0.6) is 0 Å². The topological polar surface area (TPSA) is 68.8 Å². The van der Waals surface area contributed by atoms with Crippen LogP contribution in [-0.2, 0) is 18.8 Å². The molecule has 1 fully saturated rings. The Bertz CT molecular complexity index is 1450. The van der Waals surface area contributed by atoms with E-state index in [-0.39, 0.29) is 5.91 Å². The molecule has 0 saturated carbocycles. The van der Waals surface area contributed by atoms with Crippen molar-refractivity contribution in [2.75, 3.05) is 6.54 Å². The number of hydrogen-bond donors (Lipinski definition) is 0. The Labute approximate surface area is 204 Å². The summed E-state index contributed by atoms with van der Waals surface area (Å²) in [4.78, 5) is 21.7. The second-order valence-corrected chi connectivity index (χ2v) is 9.39. The quantitative estimate of drug-likeness (QED) is 0.382. The molecule has 35 heavy (non-hydrogen) atoms. The predicted octanol–water partition coefficient (Wildman–Crippen LogP) is 5.29. The monoisotopic (exact) mass is 502 g/mol. The average Bonchev–Trinajstić information content (AvgIpc) is 3.52. The van der Waals surface area contributed by atoms with Crippen molar-refractivity contribution >= 4 is 28.5 Å². The van der Waals surface area contributed by atoms with Crippen molar-refractivity contribution in [3.05, 3.63) is 70.3 Å². The van der Waals surface area contributed by atoms with E-state index in [1.54, 1.807) is 28.6 Å². The van der Waals surface area contributed by atoms with Crippen LogP contribution in [0.2, 0.25) is 5.02 Å². The average molecular weight is 503 g/mol. The van der Waals surface area contributed by atoms with Crippen LogP contribution in [0.25, 0.3) is 16.7 Å². The number of rotatable bonds is 3. The van der Waals surface area contributed by atoms with Crippen molar-refractivity contribution in [2.45, 2.75) is 38.4 Å². The van der Waals surface area contributed by atoms with E-state index in [1.807, 2.05) is 19.9 Å². The standard InChI is InChI=1S/C24H22ClF3N6O/c1-14-5-6-19(34-29-8-9-30-34)15(11-14)21(35)33-10-4-7-23(33,2)22-31-18-13-17(25)16(24(26,27)28)12-20(18)32(22)3/h5-6,8-9,11-13H,4,7,10H2,1-3H3. The Morgan fingerprint density at radius 1 is 1.14 bits per heavy atom. The largest absolute Gasteiger partial charge is 0.417 e. The van der Waals surface area contributed by atoms with Gasteiger partial charge in [0.15, 0.2) is 0 Å². The third-order valence-corrected chi connectivity index (χ3v) is 6.97. The summed E-state index contributed by atoms with van der Waals surface area (Å²) in [6.45, 7) is 4.27. The highest BCUT2D eigenvalue weighted by atomic mass is 35.5. The van der Waals surface area contributed by atoms with Gasteiger partial charge in [0.05, 0.1) is 50.8 Å². The van der Waals surface area contributed by atoms with Crippen molar-refractivity contribution in [2.24, 2.45) is 7.05 Å². The normalized spacial score (nSPS) is 18.5. The van der Waals surface area contributed by atoms with Crippen molar-refractivity contribution in [3.8, 4) is 5.69 Å². The molecule has 0 bridgehead atoms. The lowest BCUT2D eigenvalue weighted by Gasteiger charge is -2.35. The molecule has 11 heteroatoms. The zero-order valence-corrected chi connectivity index (χ0v) is 20.0. The minimum atomic E-state index is -4.59. The molecule has 5 rings (SSSR count). The molecule has 7 nitrogen and oxygen atoms in total. The molecule has 1 aliphatic heterocycles. The fourth-order valence-electron chi connectivity index (χ4n) is 4.91. The number of aryl methyl sites for hydroxylation is 2. The molecule has 2 aromatic heterocycles. The minimum absolute atomic E-state index is 0.220. The smallest absolute Gasteiger partial charge is 0.329 e. The predicted molar refractivity (Wildman–Crippen MR) is 124 cm³/mol. The third-order valence-electron chi connectivity index (χ3n) is 6.66. The number of hydrogen-bond acceptors (Lipinski definition) is 4. The van der Waals surface area contributed by atoms with Gasteiger partial charge in [0.1, 0.15) is 5.82 Å². The maximum Gasteiger partial charge on any atom is 0.417 e. The number of carbonyl (C=O) groups excluding carboxylic acids is 1. The molecule has 0 N–H and O–H groups in total. The SMILES string of the molecule is Cc1ccc(-n2nccn2)c(C(=O)N2CCCC2(C)c2nc3cc(Cl)c(C(F)(F)F)cc3n2C)c1. The molecule has 0 spiro atoms. The zero-order valence-electron chi connectivity index (χ0n) is 19.3. The first-order chi connectivity index (χ1) is 16.5. The van der Waals surface area contributed by atoms with E-state index in [0.717, 1.165) is 18.1 Å². The lowest BCUT2D eigenvalue weighted by atomic mass is 9.96. The first kappa shape index (κ1) is 23.3. The fourth-order valence-corrected chi connectivity index (χ4v) is 5.18. The number of benzene rings is 2. The summed E-state index contributed by atoms with van der Waals surface area (Å²) in [5, 5.41) is 7.94. The number of likely N-dealkylation sites (tertiary alicyclic amines) is 1. The summed E-state index contributed by atoms with van der Waals surface area (Å²) in [5.41, 5.74) is 0.784. The highest BCUT2D eigenvalue weighted by molar-refractivity contribution is 6.32. The Hall–Kier alpha value is -3.40. The van der Waals surface area contributed by atoms with Crippen LogP contribution >= 0.6 is 11.6 Å². The molecule has 1 amide bonds. The van der Waals surface area contributed by atoms with Gasteiger partial charge in [-0.2, -0.15) is 28.2 Å². The van der Waals surface area contributed by atoms with Gasteiger partial charge in [0.25, 0.3) is 5.91 Å². The number of halogens is 4. The van der Waals surface area contributed by atoms with Crippen molar-refractivity contribution in [1.82, 2.24) is 29.4 Å². The molecule has 1 atom stereocenters. The number of alkyl halides is 3. The molecule has 0 aliphatic carbocycles. The molecular weight excluding hydrogens is 481 g/mol. The lowest BCUT2D eigenvalue weighted by Crippen LogP contribution is -2.44. The van der Waals surface area contributed by atoms with E-state index in [9.17, 15) is 18.0 Å². The van der Waals surface area contributed by atoms with E-state index in [2.05, 4.69) is 15.2 Å². The molecule has 4 aromatic rings. The van der Waals surface area contributed by atoms with Crippen LogP contribution in [0.1, 0.15) is 47.1 Å². The van der Waals surface area contributed by atoms with Gasteiger partial charge in [-0.1, -0.05) is 23.2 Å². The van der Waals surface area contributed by atoms with Gasteiger partial charge in [-0.15, -0.1) is 0 Å². The van der Waals surface area contributed by atoms with Gasteiger partial charge in [-0.25, -0.2) is 4.98 Å². The summed E-state index contributed by atoms with van der Waals surface area (Å²) in [5.74, 6) is 0.280. The van der Waals surface area contributed by atoms with Crippen LogP contribution in [0.3, 0.4) is 0 Å². The van der Waals surface area contributed by atoms with Crippen LogP contribution in [0.15, 0.2) is 42.7 Å². The highest BCUT2D eigenvalue weighted by Gasteiger charge is 2.45. The third kappa shape index (κ3) is 3.76. The Kier molecular flexibility index (Phi) is 5.39. The number of imidazole rings is 1. The van der Waals surface area contributed by atoms with E-state index in [4.69, 9.17) is 11.6 Å². The van der Waals surface area contributed by atoms with Crippen molar-refractivity contribution in [1.29, 1.82) is 0 Å². The number of nitrogens with zero attached hydrogens (tertiary/aromatic N) is 6. The second-order valence-electron chi connectivity index (χ2n) is 8.99. The van der Waals surface area contributed by atoms with Gasteiger partial charge in [-0.3, -0.25) is 4.79 Å². The number of carbonyl (C=O) groups is 1. The minimum Gasteiger partial charge on any atom is -0.329 e. The maximum atomic E-state index is 13.9. The Morgan fingerprint density at radius 2 is 1.86 bits per heavy atom. The second kappa shape index (κ2) is 8.08. The van der Waals surface area contributed by atoms with Crippen LogP contribution in [0, 0.1) is 6.92 Å². The highest BCUT2D eigenvalue weighted by Crippen LogP contribution is 2.42. The molecule has 2 aromatic carbocycles. The van der Waals surface area contributed by atoms with Gasteiger partial charge < -0.3 is 9.47 Å². The summed E-state index contributed by atoms with van der Waals surface area (Å²) >= 11 is 5.94. The molecule has 1 unspecified atom stereocenters. The van der Waals surface area contributed by atoms with Gasteiger partial charge in [-0.05, 0) is 51.0 Å². The summed E-state index contributed by atoms with van der Waals surface area (Å²) < 4.78 is 42.0. The molecule has 1 aliphatic rings. The van der Waals surface area contributed by atoms with Crippen molar-refractivity contribution in [3.63, 3.8) is 0 Å². The Balaban J connectivity index is 1.61. The number of amides is 1. The first-order valence-electron chi connectivity index (χ1n) is 11.0. The molecule has 1 saturated heterocycles. The summed E-state index contributed by atoms with van der Waals surface area (Å²) in [7, 11) is 1.66. The summed E-state index contributed by atoms with van der Waals surface area (Å²) in [6.07, 6.45) is -0.184. The molecule has 3 heterocycles. The molecule has 0 radical (unpaired) electrons. The Morgan fingerprint density at radius 3 is 2.54 bits per heavy atom. The van der Waals surface area contributed by atoms with Gasteiger partial charge in [0.2, 0.25) is 0 Å². The van der Waals surface area contributed by atoms with E-state index in [0.29, 0.717) is 41.1 Å². The lowest BCUT2D eigenvalue weighted by molar-refractivity contribution is -0.137. The van der Waals surface area contributed by atoms with Crippen molar-refractivity contribution < 1.29 is 18.0 Å². The van der Waals surface area contributed by atoms with Gasteiger partial charge in [0, 0.05) is 13.6 Å². The first-order valence-corrected chi connectivity index (χ1v) is 11.4. The number of aromatic nitrogens is 5. The van der Waals surface area contributed by atoms with Gasteiger partial charge >= 0.3 is 6.18 Å². The fraction of sp³-hybridized carbons (Fsp3) is 0.333. The van der Waals surface area contributed by atoms with Crippen LogP contribution in [-0.4, -0.2) is 41.9 Å². The molecular formula is C24H22ClF3N6O. The van der Waals surface area contributed by atoms with E-state index >= 15 is 0 Å². The number of fused-ring (bicyclic) bond motifs is 1. The van der Waals surface area contributed by atoms with Crippen LogP contribution < -0.4 is 0 Å². The molecule has 182 valence electrons.